The normalized spacial score (nSPS) is 16.4. The number of benzene rings is 1. The first-order chi connectivity index (χ1) is 21.0. The van der Waals surface area contributed by atoms with Crippen LogP contribution in [0.15, 0.2) is 47.9 Å². The van der Waals surface area contributed by atoms with Gasteiger partial charge >= 0.3 is 5.69 Å². The number of nitrogens with zero attached hydrogens (tertiary/aromatic N) is 6. The third-order valence-corrected chi connectivity index (χ3v) is 8.77. The largest absolute Gasteiger partial charge is 0.355 e. The Morgan fingerprint density at radius 3 is 2.61 bits per heavy atom. The van der Waals surface area contributed by atoms with Gasteiger partial charge in [0.15, 0.2) is 5.65 Å². The minimum absolute atomic E-state index is 0.0190. The quantitative estimate of drug-likeness (QED) is 0.318. The van der Waals surface area contributed by atoms with Crippen LogP contribution in [-0.2, 0) is 16.0 Å². The fraction of sp³-hybridized carbons (Fsp3) is 0.333. The summed E-state index contributed by atoms with van der Waals surface area (Å²) in [6.07, 6.45) is 3.27. The van der Waals surface area contributed by atoms with E-state index in [2.05, 4.69) is 21.9 Å². The minimum atomic E-state index is -0.491. The SMILES string of the molecule is C=CC(=O)N1CCN(c2nc(=O)n(-c3c(C)ccnc3C(C)C)c3nc(-c4c(C)ccc5c4CC(=O)N5)c(Cl)cc23)[C@@H](C)C1. The molecule has 5 heterocycles. The molecule has 11 heteroatoms. The number of fused-ring (bicyclic) bond motifs is 2. The molecule has 4 aromatic rings. The van der Waals surface area contributed by atoms with Crippen molar-refractivity contribution in [2.24, 2.45) is 0 Å². The van der Waals surface area contributed by atoms with Crippen LogP contribution in [0.25, 0.3) is 28.0 Å². The van der Waals surface area contributed by atoms with Crippen LogP contribution in [-0.4, -0.2) is 61.9 Å². The van der Waals surface area contributed by atoms with E-state index in [1.807, 2.05) is 63.8 Å². The molecule has 2 amide bonds. The van der Waals surface area contributed by atoms with Gasteiger partial charge in [0.05, 0.1) is 33.9 Å². The van der Waals surface area contributed by atoms with E-state index in [0.29, 0.717) is 52.9 Å². The van der Waals surface area contributed by atoms with Crippen molar-refractivity contribution in [1.82, 2.24) is 24.4 Å². The molecule has 1 N–H and O–H groups in total. The standard InChI is InChI=1S/C33H34ClN7O3/c1-7-26(43)39-12-13-40(20(6)16-39)31-22-14-23(34)29(27-18(4)8-9-24-21(27)15-25(42)36-24)37-32(22)41(33(44)38-31)30-19(5)10-11-35-28(30)17(2)3/h7-11,14,17,20H,1,12-13,15-16H2,2-6H3,(H,36,42)/t20-/m0/s1. The molecular weight excluding hydrogens is 578 g/mol. The number of carbonyl (C=O) groups is 2. The lowest BCUT2D eigenvalue weighted by Gasteiger charge is -2.40. The minimum Gasteiger partial charge on any atom is -0.350 e. The van der Waals surface area contributed by atoms with E-state index in [9.17, 15) is 14.4 Å². The molecule has 2 aliphatic rings. The van der Waals surface area contributed by atoms with E-state index in [-0.39, 0.29) is 30.2 Å². The van der Waals surface area contributed by atoms with Crippen molar-refractivity contribution in [1.29, 1.82) is 0 Å². The molecule has 0 aliphatic carbocycles. The van der Waals surface area contributed by atoms with Crippen LogP contribution in [0.2, 0.25) is 5.02 Å². The summed E-state index contributed by atoms with van der Waals surface area (Å²) >= 11 is 7.05. The predicted molar refractivity (Wildman–Crippen MR) is 173 cm³/mol. The van der Waals surface area contributed by atoms with Gasteiger partial charge in [0.1, 0.15) is 5.82 Å². The number of halogens is 1. The molecule has 2 aliphatic heterocycles. The Morgan fingerprint density at radius 1 is 1.14 bits per heavy atom. The van der Waals surface area contributed by atoms with Crippen molar-refractivity contribution >= 4 is 46.0 Å². The molecule has 0 bridgehead atoms. The monoisotopic (exact) mass is 611 g/mol. The van der Waals surface area contributed by atoms with Crippen molar-refractivity contribution in [3.8, 4) is 16.9 Å². The number of hydrogen-bond donors (Lipinski definition) is 1. The Balaban J connectivity index is 1.65. The number of rotatable bonds is 5. The van der Waals surface area contributed by atoms with Crippen molar-refractivity contribution in [3.05, 3.63) is 81.0 Å². The molecule has 1 aromatic carbocycles. The van der Waals surface area contributed by atoms with Gasteiger partial charge in [-0.1, -0.05) is 38.1 Å². The molecule has 1 saturated heterocycles. The number of aryl methyl sites for hydroxylation is 2. The van der Waals surface area contributed by atoms with Crippen molar-refractivity contribution in [2.75, 3.05) is 29.9 Å². The highest BCUT2D eigenvalue weighted by atomic mass is 35.5. The van der Waals surface area contributed by atoms with E-state index < -0.39 is 5.69 Å². The van der Waals surface area contributed by atoms with Gasteiger partial charge in [-0.3, -0.25) is 14.6 Å². The van der Waals surface area contributed by atoms with Crippen molar-refractivity contribution in [3.63, 3.8) is 0 Å². The number of nitrogens with one attached hydrogen (secondary N) is 1. The van der Waals surface area contributed by atoms with E-state index >= 15 is 0 Å². The summed E-state index contributed by atoms with van der Waals surface area (Å²) in [5, 5.41) is 3.89. The summed E-state index contributed by atoms with van der Waals surface area (Å²) in [6, 6.07) is 7.36. The van der Waals surface area contributed by atoms with Crippen LogP contribution in [0.1, 0.15) is 49.1 Å². The lowest BCUT2D eigenvalue weighted by atomic mass is 9.96. The smallest absolute Gasteiger partial charge is 0.350 e. The Labute approximate surface area is 260 Å². The van der Waals surface area contributed by atoms with E-state index in [1.54, 1.807) is 15.7 Å². The molecule has 44 heavy (non-hydrogen) atoms. The first kappa shape index (κ1) is 29.5. The molecule has 1 atom stereocenters. The van der Waals surface area contributed by atoms with Crippen molar-refractivity contribution in [2.45, 2.75) is 53.0 Å². The summed E-state index contributed by atoms with van der Waals surface area (Å²) in [6.45, 7) is 14.9. The number of amides is 2. The number of aromatic nitrogens is 4. The molecule has 0 spiro atoms. The van der Waals surface area contributed by atoms with E-state index in [4.69, 9.17) is 16.6 Å². The second kappa shape index (κ2) is 11.2. The highest BCUT2D eigenvalue weighted by Crippen LogP contribution is 2.41. The van der Waals surface area contributed by atoms with Gasteiger partial charge in [0.25, 0.3) is 0 Å². The van der Waals surface area contributed by atoms with Crippen LogP contribution < -0.4 is 15.9 Å². The lowest BCUT2D eigenvalue weighted by Crippen LogP contribution is -2.54. The molecular formula is C33H34ClN7O3. The third kappa shape index (κ3) is 4.83. The molecule has 0 radical (unpaired) electrons. The summed E-state index contributed by atoms with van der Waals surface area (Å²) in [4.78, 5) is 57.1. The van der Waals surface area contributed by atoms with Crippen LogP contribution in [0.5, 0.6) is 0 Å². The number of anilines is 2. The summed E-state index contributed by atoms with van der Waals surface area (Å²) in [5.41, 5.74) is 5.86. The summed E-state index contributed by atoms with van der Waals surface area (Å²) in [5.74, 6) is 0.249. The fourth-order valence-corrected chi connectivity index (χ4v) is 6.58. The molecule has 6 rings (SSSR count). The van der Waals surface area contributed by atoms with Gasteiger partial charge in [-0.25, -0.2) is 14.3 Å². The zero-order valence-electron chi connectivity index (χ0n) is 25.4. The van der Waals surface area contributed by atoms with Crippen LogP contribution in [0.4, 0.5) is 11.5 Å². The number of piperazine rings is 1. The third-order valence-electron chi connectivity index (χ3n) is 8.48. The molecule has 3 aromatic heterocycles. The van der Waals surface area contributed by atoms with Gasteiger partial charge in [0, 0.05) is 43.1 Å². The second-order valence-electron chi connectivity index (χ2n) is 11.8. The van der Waals surface area contributed by atoms with Gasteiger partial charge in [-0.2, -0.15) is 4.98 Å². The van der Waals surface area contributed by atoms with Gasteiger partial charge in [-0.15, -0.1) is 0 Å². The molecule has 0 unspecified atom stereocenters. The lowest BCUT2D eigenvalue weighted by molar-refractivity contribution is -0.126. The highest BCUT2D eigenvalue weighted by molar-refractivity contribution is 6.34. The first-order valence-corrected chi connectivity index (χ1v) is 15.1. The average Bonchev–Trinajstić information content (AvgIpc) is 3.37. The average molecular weight is 612 g/mol. The fourth-order valence-electron chi connectivity index (χ4n) is 6.34. The summed E-state index contributed by atoms with van der Waals surface area (Å²) < 4.78 is 1.54. The Hall–Kier alpha value is -4.57. The first-order valence-electron chi connectivity index (χ1n) is 14.7. The molecule has 0 saturated carbocycles. The topological polar surface area (TPSA) is 113 Å². The Bertz CT molecular complexity index is 1930. The van der Waals surface area contributed by atoms with Gasteiger partial charge in [-0.05, 0) is 67.7 Å². The van der Waals surface area contributed by atoms with E-state index in [0.717, 1.165) is 33.6 Å². The zero-order valence-corrected chi connectivity index (χ0v) is 26.2. The summed E-state index contributed by atoms with van der Waals surface area (Å²) in [7, 11) is 0. The Morgan fingerprint density at radius 2 is 1.91 bits per heavy atom. The zero-order chi connectivity index (χ0) is 31.4. The Kier molecular flexibility index (Phi) is 7.49. The molecule has 226 valence electrons. The van der Waals surface area contributed by atoms with Gasteiger partial charge < -0.3 is 15.1 Å². The second-order valence-corrected chi connectivity index (χ2v) is 12.2. The number of carbonyl (C=O) groups excluding carboxylic acids is 2. The van der Waals surface area contributed by atoms with Crippen LogP contribution in [0, 0.1) is 13.8 Å². The number of pyridine rings is 2. The molecule has 1 fully saturated rings. The van der Waals surface area contributed by atoms with Crippen LogP contribution >= 0.6 is 11.6 Å². The van der Waals surface area contributed by atoms with Crippen molar-refractivity contribution < 1.29 is 9.59 Å². The maximum absolute atomic E-state index is 14.2. The maximum Gasteiger partial charge on any atom is 0.355 e. The van der Waals surface area contributed by atoms with Crippen LogP contribution in [0.3, 0.4) is 0 Å². The highest BCUT2D eigenvalue weighted by Gasteiger charge is 2.31. The van der Waals surface area contributed by atoms with E-state index in [1.165, 1.54) is 6.08 Å². The predicted octanol–water partition coefficient (Wildman–Crippen LogP) is 4.95. The maximum atomic E-state index is 14.2. The van der Waals surface area contributed by atoms with Gasteiger partial charge in [0.2, 0.25) is 11.8 Å². The number of hydrogen-bond acceptors (Lipinski definition) is 7. The molecule has 10 nitrogen and oxygen atoms in total.